The van der Waals surface area contributed by atoms with Crippen LogP contribution < -0.4 is 10.1 Å². The lowest BCUT2D eigenvalue weighted by atomic mass is 10.2. The molecule has 0 unspecified atom stereocenters. The fraction of sp³-hybridized carbons (Fsp3) is 0.571. The third-order valence-corrected chi connectivity index (χ3v) is 2.50. The molecule has 1 N–H and O–H groups in total. The minimum atomic E-state index is -0.434. The van der Waals surface area contributed by atoms with Gasteiger partial charge in [-0.1, -0.05) is 6.92 Å². The first kappa shape index (κ1) is 16.2. The lowest BCUT2D eigenvalue weighted by Crippen LogP contribution is -2.13. The van der Waals surface area contributed by atoms with Gasteiger partial charge in [-0.15, -0.1) is 0 Å². The Hall–Kier alpha value is -1.82. The Balaban J connectivity index is 2.66. The van der Waals surface area contributed by atoms with Crippen molar-refractivity contribution in [3.05, 3.63) is 28.3 Å². The maximum Gasteiger partial charge on any atom is 0.311 e. The monoisotopic (exact) mass is 282 g/mol. The first-order valence-electron chi connectivity index (χ1n) is 6.81. The summed E-state index contributed by atoms with van der Waals surface area (Å²) in [4.78, 5) is 10.5. The van der Waals surface area contributed by atoms with E-state index in [1.165, 1.54) is 6.07 Å². The molecule has 0 saturated carbocycles. The molecule has 0 saturated heterocycles. The molecule has 0 radical (unpaired) electrons. The Morgan fingerprint density at radius 2 is 2.10 bits per heavy atom. The molecule has 6 heteroatoms. The molecule has 0 amide bonds. The lowest BCUT2D eigenvalue weighted by molar-refractivity contribution is -0.385. The Morgan fingerprint density at radius 3 is 2.70 bits per heavy atom. The Kier molecular flexibility index (Phi) is 6.79. The van der Waals surface area contributed by atoms with E-state index in [4.69, 9.17) is 9.47 Å². The number of nitro groups is 1. The molecular formula is C14H22N2O4. The van der Waals surface area contributed by atoms with Gasteiger partial charge >= 0.3 is 5.69 Å². The highest BCUT2D eigenvalue weighted by molar-refractivity contribution is 5.57. The highest BCUT2D eigenvalue weighted by Crippen LogP contribution is 2.30. The number of benzene rings is 1. The van der Waals surface area contributed by atoms with Gasteiger partial charge in [-0.3, -0.25) is 10.1 Å². The van der Waals surface area contributed by atoms with Crippen LogP contribution in [0.3, 0.4) is 0 Å². The number of nitro benzene ring substituents is 1. The van der Waals surface area contributed by atoms with Crippen molar-refractivity contribution < 1.29 is 14.4 Å². The van der Waals surface area contributed by atoms with E-state index < -0.39 is 4.92 Å². The molecule has 6 nitrogen and oxygen atoms in total. The van der Waals surface area contributed by atoms with Crippen molar-refractivity contribution in [2.24, 2.45) is 0 Å². The fourth-order valence-corrected chi connectivity index (χ4v) is 1.59. The summed E-state index contributed by atoms with van der Waals surface area (Å²) >= 11 is 0. The summed E-state index contributed by atoms with van der Waals surface area (Å²) in [5, 5.41) is 14.1. The third-order valence-electron chi connectivity index (χ3n) is 2.50. The van der Waals surface area contributed by atoms with E-state index in [1.807, 2.05) is 20.8 Å². The molecule has 0 heterocycles. The molecule has 20 heavy (non-hydrogen) atoms. The van der Waals surface area contributed by atoms with Crippen LogP contribution in [0.15, 0.2) is 18.2 Å². The predicted molar refractivity (Wildman–Crippen MR) is 78.5 cm³/mol. The maximum atomic E-state index is 10.9. The molecule has 0 aliphatic rings. The zero-order chi connectivity index (χ0) is 15.0. The first-order chi connectivity index (χ1) is 9.54. The van der Waals surface area contributed by atoms with Crippen molar-refractivity contribution in [2.45, 2.75) is 33.3 Å². The van der Waals surface area contributed by atoms with E-state index in [9.17, 15) is 10.1 Å². The Morgan fingerprint density at radius 1 is 1.35 bits per heavy atom. The topological polar surface area (TPSA) is 73.6 Å². The molecule has 0 spiro atoms. The van der Waals surface area contributed by atoms with Gasteiger partial charge in [-0.25, -0.2) is 0 Å². The molecular weight excluding hydrogens is 260 g/mol. The summed E-state index contributed by atoms with van der Waals surface area (Å²) in [6, 6.07) is 4.78. The highest BCUT2D eigenvalue weighted by Gasteiger charge is 2.15. The number of ether oxygens (including phenoxy) is 2. The molecule has 0 fully saturated rings. The molecule has 0 bridgehead atoms. The maximum absolute atomic E-state index is 10.9. The molecule has 1 aromatic rings. The van der Waals surface area contributed by atoms with Gasteiger partial charge in [0.25, 0.3) is 0 Å². The van der Waals surface area contributed by atoms with Crippen molar-refractivity contribution >= 4 is 11.4 Å². The van der Waals surface area contributed by atoms with Gasteiger partial charge in [0.1, 0.15) is 0 Å². The van der Waals surface area contributed by atoms with Crippen LogP contribution >= 0.6 is 0 Å². The summed E-state index contributed by atoms with van der Waals surface area (Å²) in [5.74, 6) is 0.298. The van der Waals surface area contributed by atoms with Gasteiger partial charge in [0.2, 0.25) is 0 Å². The van der Waals surface area contributed by atoms with Crippen LogP contribution in [0, 0.1) is 10.1 Å². The number of anilines is 1. The van der Waals surface area contributed by atoms with E-state index in [1.54, 1.807) is 12.1 Å². The summed E-state index contributed by atoms with van der Waals surface area (Å²) in [6.07, 6.45) is 0.994. The number of hydrogen-bond donors (Lipinski definition) is 1. The molecule has 0 aromatic heterocycles. The molecule has 0 aliphatic heterocycles. The Labute approximate surface area is 119 Å². The van der Waals surface area contributed by atoms with Crippen LogP contribution in [0.2, 0.25) is 0 Å². The van der Waals surface area contributed by atoms with Gasteiger partial charge in [-0.05, 0) is 26.3 Å². The van der Waals surface area contributed by atoms with E-state index in [-0.39, 0.29) is 11.8 Å². The van der Waals surface area contributed by atoms with Crippen LogP contribution in [0.4, 0.5) is 11.4 Å². The van der Waals surface area contributed by atoms with Gasteiger partial charge in [0, 0.05) is 24.4 Å². The summed E-state index contributed by atoms with van der Waals surface area (Å²) < 4.78 is 10.8. The van der Waals surface area contributed by atoms with Crippen LogP contribution in [0.1, 0.15) is 27.2 Å². The smallest absolute Gasteiger partial charge is 0.311 e. The predicted octanol–water partition coefficient (Wildman–Crippen LogP) is 3.22. The lowest BCUT2D eigenvalue weighted by Gasteiger charge is -2.11. The van der Waals surface area contributed by atoms with Crippen molar-refractivity contribution in [3.63, 3.8) is 0 Å². The number of nitrogens with zero attached hydrogens (tertiary/aromatic N) is 1. The normalized spacial score (nSPS) is 10.6. The van der Waals surface area contributed by atoms with Crippen molar-refractivity contribution in [3.8, 4) is 5.75 Å². The van der Waals surface area contributed by atoms with Gasteiger partial charge in [-0.2, -0.15) is 0 Å². The van der Waals surface area contributed by atoms with Crippen molar-refractivity contribution in [2.75, 3.05) is 25.1 Å². The van der Waals surface area contributed by atoms with Crippen LogP contribution in [0.25, 0.3) is 0 Å². The Bertz CT molecular complexity index is 435. The number of rotatable bonds is 9. The molecule has 112 valence electrons. The number of nitrogens with one attached hydrogen (secondary N) is 1. The average molecular weight is 282 g/mol. The third kappa shape index (κ3) is 5.44. The second-order valence-electron chi connectivity index (χ2n) is 4.63. The van der Waals surface area contributed by atoms with Gasteiger partial charge < -0.3 is 14.8 Å². The van der Waals surface area contributed by atoms with Crippen LogP contribution in [-0.4, -0.2) is 30.8 Å². The standard InChI is InChI=1S/C14H22N2O4/c1-4-8-20-14-10-12(5-6-13(14)16(17)18)15-7-9-19-11(2)3/h5-6,10-11,15H,4,7-9H2,1-3H3. The van der Waals surface area contributed by atoms with E-state index in [2.05, 4.69) is 5.32 Å². The largest absolute Gasteiger partial charge is 0.487 e. The van der Waals surface area contributed by atoms with Crippen molar-refractivity contribution in [1.82, 2.24) is 0 Å². The van der Waals surface area contributed by atoms with Crippen LogP contribution in [0.5, 0.6) is 5.75 Å². The van der Waals surface area contributed by atoms with Crippen molar-refractivity contribution in [1.29, 1.82) is 0 Å². The van der Waals surface area contributed by atoms with Gasteiger partial charge in [0.05, 0.1) is 24.2 Å². The average Bonchev–Trinajstić information content (AvgIpc) is 2.41. The zero-order valence-electron chi connectivity index (χ0n) is 12.2. The van der Waals surface area contributed by atoms with Gasteiger partial charge in [0.15, 0.2) is 5.75 Å². The molecule has 0 aliphatic carbocycles. The van der Waals surface area contributed by atoms with Crippen LogP contribution in [-0.2, 0) is 4.74 Å². The quantitative estimate of drug-likeness (QED) is 0.427. The summed E-state index contributed by atoms with van der Waals surface area (Å²) in [7, 11) is 0. The second kappa shape index (κ2) is 8.37. The minimum absolute atomic E-state index is 0.0116. The number of hydrogen-bond acceptors (Lipinski definition) is 5. The highest BCUT2D eigenvalue weighted by atomic mass is 16.6. The molecule has 0 atom stereocenters. The summed E-state index contributed by atoms with van der Waals surface area (Å²) in [6.45, 7) is 7.59. The van der Waals surface area contributed by atoms with E-state index >= 15 is 0 Å². The van der Waals surface area contributed by atoms with E-state index in [0.29, 0.717) is 25.5 Å². The molecule has 1 aromatic carbocycles. The SMILES string of the molecule is CCCOc1cc(NCCOC(C)C)ccc1[N+](=O)[O-]. The fourth-order valence-electron chi connectivity index (χ4n) is 1.59. The minimum Gasteiger partial charge on any atom is -0.487 e. The summed E-state index contributed by atoms with van der Waals surface area (Å²) in [5.41, 5.74) is 0.775. The first-order valence-corrected chi connectivity index (χ1v) is 6.81. The zero-order valence-corrected chi connectivity index (χ0v) is 12.2. The van der Waals surface area contributed by atoms with E-state index in [0.717, 1.165) is 12.1 Å². The molecule has 1 rings (SSSR count). The second-order valence-corrected chi connectivity index (χ2v) is 4.63.